The lowest BCUT2D eigenvalue weighted by molar-refractivity contribution is 0.323. The molecule has 1 heterocycles. The maximum absolute atomic E-state index is 2.38. The summed E-state index contributed by atoms with van der Waals surface area (Å²) in [4.78, 5) is 3.11. The van der Waals surface area contributed by atoms with E-state index in [-0.39, 0.29) is 0 Å². The van der Waals surface area contributed by atoms with Gasteiger partial charge in [-0.15, -0.1) is 11.3 Å². The van der Waals surface area contributed by atoms with Crippen LogP contribution in [0.4, 0.5) is 0 Å². The van der Waals surface area contributed by atoms with E-state index in [1.165, 1.54) is 49.7 Å². The molecule has 1 heteroatoms. The summed E-state index contributed by atoms with van der Waals surface area (Å²) in [5.41, 5.74) is 3.30. The number of hydrogen-bond donors (Lipinski definition) is 0. The van der Waals surface area contributed by atoms with Gasteiger partial charge in [-0.2, -0.15) is 0 Å². The van der Waals surface area contributed by atoms with Gasteiger partial charge in [-0.05, 0) is 62.1 Å². The predicted octanol–water partition coefficient (Wildman–Crippen LogP) is 6.60. The molecule has 0 bridgehead atoms. The zero-order chi connectivity index (χ0) is 16.0. The number of rotatable bonds is 8. The lowest BCUT2D eigenvalue weighted by Gasteiger charge is -2.21. The normalized spacial score (nSPS) is 11.8. The highest BCUT2D eigenvalue weighted by Crippen LogP contribution is 2.29. The van der Waals surface area contributed by atoms with Crippen LogP contribution in [0.5, 0.6) is 0 Å². The minimum Gasteiger partial charge on any atom is -0.145 e. The van der Waals surface area contributed by atoms with Crippen molar-refractivity contribution in [2.75, 3.05) is 0 Å². The topological polar surface area (TPSA) is 0 Å². The van der Waals surface area contributed by atoms with Crippen LogP contribution < -0.4 is 0 Å². The van der Waals surface area contributed by atoms with Crippen molar-refractivity contribution in [2.45, 2.75) is 66.2 Å². The van der Waals surface area contributed by atoms with Crippen molar-refractivity contribution in [3.05, 3.63) is 57.3 Å². The SMILES string of the molecule is CCC(C)(C)CCc1ccc(CCCc2ccc(C)cc2)s1. The Morgan fingerprint density at radius 2 is 1.50 bits per heavy atom. The first kappa shape index (κ1) is 17.3. The van der Waals surface area contributed by atoms with Crippen LogP contribution in [0.15, 0.2) is 36.4 Å². The lowest BCUT2D eigenvalue weighted by Crippen LogP contribution is -2.10. The van der Waals surface area contributed by atoms with Crippen molar-refractivity contribution < 1.29 is 0 Å². The Morgan fingerprint density at radius 1 is 0.864 bits per heavy atom. The Kier molecular flexibility index (Phi) is 6.26. The molecule has 0 aliphatic heterocycles. The lowest BCUT2D eigenvalue weighted by atomic mass is 9.85. The molecule has 22 heavy (non-hydrogen) atoms. The van der Waals surface area contributed by atoms with Crippen LogP contribution in [-0.2, 0) is 19.3 Å². The molecule has 0 nitrogen and oxygen atoms in total. The summed E-state index contributed by atoms with van der Waals surface area (Å²) in [5, 5.41) is 0. The molecule has 1 aromatic carbocycles. The molecule has 2 rings (SSSR count). The van der Waals surface area contributed by atoms with E-state index in [9.17, 15) is 0 Å². The fourth-order valence-corrected chi connectivity index (χ4v) is 3.61. The molecule has 0 fully saturated rings. The van der Waals surface area contributed by atoms with Crippen molar-refractivity contribution in [2.24, 2.45) is 5.41 Å². The summed E-state index contributed by atoms with van der Waals surface area (Å²) in [7, 11) is 0. The third-order valence-electron chi connectivity index (χ3n) is 4.73. The fourth-order valence-electron chi connectivity index (χ4n) is 2.55. The summed E-state index contributed by atoms with van der Waals surface area (Å²) in [6.07, 6.45) is 7.47. The molecular weight excluding hydrogens is 284 g/mol. The summed E-state index contributed by atoms with van der Waals surface area (Å²) in [5.74, 6) is 0. The minimum atomic E-state index is 0.482. The Labute approximate surface area is 140 Å². The monoisotopic (exact) mass is 314 g/mol. The average molecular weight is 315 g/mol. The van der Waals surface area contributed by atoms with Crippen molar-refractivity contribution in [1.82, 2.24) is 0 Å². The Bertz CT molecular complexity index is 560. The van der Waals surface area contributed by atoms with Gasteiger partial charge in [0.1, 0.15) is 0 Å². The molecule has 2 aromatic rings. The highest BCUT2D eigenvalue weighted by molar-refractivity contribution is 7.11. The van der Waals surface area contributed by atoms with Gasteiger partial charge in [0, 0.05) is 9.75 Å². The molecule has 0 unspecified atom stereocenters. The van der Waals surface area contributed by atoms with E-state index in [1.807, 2.05) is 11.3 Å². The van der Waals surface area contributed by atoms with Crippen molar-refractivity contribution in [1.29, 1.82) is 0 Å². The third kappa shape index (κ3) is 5.61. The molecule has 0 aliphatic carbocycles. The first-order chi connectivity index (χ1) is 10.5. The van der Waals surface area contributed by atoms with Crippen LogP contribution in [-0.4, -0.2) is 0 Å². The maximum Gasteiger partial charge on any atom is 0.00483 e. The van der Waals surface area contributed by atoms with Gasteiger partial charge in [-0.25, -0.2) is 0 Å². The van der Waals surface area contributed by atoms with Gasteiger partial charge in [0.05, 0.1) is 0 Å². The maximum atomic E-state index is 2.38. The van der Waals surface area contributed by atoms with Gasteiger partial charge in [0.2, 0.25) is 0 Å². The molecule has 0 radical (unpaired) electrons. The summed E-state index contributed by atoms with van der Waals surface area (Å²) in [6.45, 7) is 9.20. The molecule has 1 aromatic heterocycles. The summed E-state index contributed by atoms with van der Waals surface area (Å²) in [6, 6.07) is 13.7. The predicted molar refractivity (Wildman–Crippen MR) is 99.9 cm³/mol. The quantitative estimate of drug-likeness (QED) is 0.515. The third-order valence-corrected chi connectivity index (χ3v) is 5.94. The smallest absolute Gasteiger partial charge is 0.00483 e. The number of aryl methyl sites for hydroxylation is 4. The zero-order valence-electron chi connectivity index (χ0n) is 14.6. The van der Waals surface area contributed by atoms with Crippen molar-refractivity contribution in [3.63, 3.8) is 0 Å². The number of benzene rings is 1. The van der Waals surface area contributed by atoms with Crippen molar-refractivity contribution >= 4 is 11.3 Å². The molecule has 0 N–H and O–H groups in total. The van der Waals surface area contributed by atoms with E-state index in [1.54, 1.807) is 9.75 Å². The molecule has 0 amide bonds. The van der Waals surface area contributed by atoms with Crippen LogP contribution in [0.25, 0.3) is 0 Å². The molecule has 0 spiro atoms. The van der Waals surface area contributed by atoms with Gasteiger partial charge >= 0.3 is 0 Å². The van der Waals surface area contributed by atoms with Crippen LogP contribution in [0, 0.1) is 12.3 Å². The van der Waals surface area contributed by atoms with Crippen LogP contribution in [0.2, 0.25) is 0 Å². The second-order valence-corrected chi connectivity index (χ2v) is 8.48. The Hall–Kier alpha value is -1.08. The van der Waals surface area contributed by atoms with Crippen LogP contribution in [0.3, 0.4) is 0 Å². The van der Waals surface area contributed by atoms with E-state index in [2.05, 4.69) is 64.1 Å². The van der Waals surface area contributed by atoms with Gasteiger partial charge in [-0.1, -0.05) is 57.0 Å². The Balaban J connectivity index is 1.76. The first-order valence-corrected chi connectivity index (χ1v) is 9.43. The molecule has 0 aliphatic rings. The van der Waals surface area contributed by atoms with Gasteiger partial charge in [0.15, 0.2) is 0 Å². The standard InChI is InChI=1S/C21H30S/c1-5-21(3,4)16-15-20-14-13-19(22-20)8-6-7-18-11-9-17(2)10-12-18/h9-14H,5-8,15-16H2,1-4H3. The van der Waals surface area contributed by atoms with E-state index in [4.69, 9.17) is 0 Å². The van der Waals surface area contributed by atoms with E-state index < -0.39 is 0 Å². The van der Waals surface area contributed by atoms with Gasteiger partial charge in [0.25, 0.3) is 0 Å². The minimum absolute atomic E-state index is 0.482. The molecule has 0 atom stereocenters. The molecule has 0 saturated heterocycles. The van der Waals surface area contributed by atoms with E-state index >= 15 is 0 Å². The summed E-state index contributed by atoms with van der Waals surface area (Å²) >= 11 is 2.02. The molecule has 120 valence electrons. The molecular formula is C21H30S. The Morgan fingerprint density at radius 3 is 2.14 bits per heavy atom. The van der Waals surface area contributed by atoms with Crippen molar-refractivity contribution in [3.8, 4) is 0 Å². The first-order valence-electron chi connectivity index (χ1n) is 8.62. The second-order valence-electron chi connectivity index (χ2n) is 7.22. The van der Waals surface area contributed by atoms with E-state index in [0.29, 0.717) is 5.41 Å². The second kappa shape index (κ2) is 7.97. The van der Waals surface area contributed by atoms with Crippen LogP contribution in [0.1, 0.15) is 60.9 Å². The zero-order valence-corrected chi connectivity index (χ0v) is 15.4. The fraction of sp³-hybridized carbons (Fsp3) is 0.524. The van der Waals surface area contributed by atoms with Crippen LogP contribution >= 0.6 is 11.3 Å². The van der Waals surface area contributed by atoms with Gasteiger partial charge < -0.3 is 0 Å². The molecule has 0 saturated carbocycles. The van der Waals surface area contributed by atoms with Gasteiger partial charge in [-0.3, -0.25) is 0 Å². The van der Waals surface area contributed by atoms with E-state index in [0.717, 1.165) is 0 Å². The number of thiophene rings is 1. The average Bonchev–Trinajstić information content (AvgIpc) is 2.95. The highest BCUT2D eigenvalue weighted by Gasteiger charge is 2.15. The largest absolute Gasteiger partial charge is 0.145 e. The number of hydrogen-bond acceptors (Lipinski definition) is 1. The summed E-state index contributed by atoms with van der Waals surface area (Å²) < 4.78 is 0. The highest BCUT2D eigenvalue weighted by atomic mass is 32.1.